The van der Waals surface area contributed by atoms with Gasteiger partial charge >= 0.3 is 0 Å². The molecule has 0 saturated carbocycles. The van der Waals surface area contributed by atoms with E-state index in [-0.39, 0.29) is 19.3 Å². The lowest BCUT2D eigenvalue weighted by Crippen LogP contribution is -2.35. The number of aryl methyl sites for hydroxylation is 1. The van der Waals surface area contributed by atoms with Crippen LogP contribution < -0.4 is 9.64 Å². The van der Waals surface area contributed by atoms with E-state index in [1.165, 1.54) is 0 Å². The molecule has 1 rings (SSSR count). The van der Waals surface area contributed by atoms with E-state index in [0.717, 1.165) is 17.0 Å². The SMILES string of the molecule is COc1ccc(N(C)C(CO)CCO)cc1C. The summed E-state index contributed by atoms with van der Waals surface area (Å²) >= 11 is 0. The van der Waals surface area contributed by atoms with E-state index in [4.69, 9.17) is 9.84 Å². The molecular weight excluding hydrogens is 218 g/mol. The third-order valence-electron chi connectivity index (χ3n) is 3.01. The highest BCUT2D eigenvalue weighted by molar-refractivity contribution is 5.53. The van der Waals surface area contributed by atoms with Gasteiger partial charge < -0.3 is 19.8 Å². The molecule has 1 aromatic rings. The average Bonchev–Trinajstić information content (AvgIpc) is 2.35. The second-order valence-electron chi connectivity index (χ2n) is 4.11. The predicted molar refractivity (Wildman–Crippen MR) is 68.7 cm³/mol. The third kappa shape index (κ3) is 3.35. The lowest BCUT2D eigenvalue weighted by atomic mass is 10.1. The van der Waals surface area contributed by atoms with E-state index in [1.807, 2.05) is 37.1 Å². The first-order valence-electron chi connectivity index (χ1n) is 5.73. The molecule has 0 spiro atoms. The monoisotopic (exact) mass is 239 g/mol. The van der Waals surface area contributed by atoms with Gasteiger partial charge in [-0.3, -0.25) is 0 Å². The average molecular weight is 239 g/mol. The summed E-state index contributed by atoms with van der Waals surface area (Å²) in [5, 5.41) is 18.2. The Morgan fingerprint density at radius 2 is 2.06 bits per heavy atom. The minimum absolute atomic E-state index is 0.0299. The Hall–Kier alpha value is -1.26. The number of aliphatic hydroxyl groups excluding tert-OH is 2. The van der Waals surface area contributed by atoms with Crippen molar-refractivity contribution in [2.45, 2.75) is 19.4 Å². The van der Waals surface area contributed by atoms with Crippen LogP contribution in [0, 0.1) is 6.92 Å². The summed E-state index contributed by atoms with van der Waals surface area (Å²) in [4.78, 5) is 1.97. The van der Waals surface area contributed by atoms with Crippen LogP contribution in [0.15, 0.2) is 18.2 Å². The molecular formula is C13H21NO3. The normalized spacial score (nSPS) is 12.3. The highest BCUT2D eigenvalue weighted by Gasteiger charge is 2.14. The fourth-order valence-corrected chi connectivity index (χ4v) is 1.85. The molecule has 1 unspecified atom stereocenters. The maximum absolute atomic E-state index is 9.28. The number of rotatable bonds is 6. The minimum Gasteiger partial charge on any atom is -0.496 e. The fraction of sp³-hybridized carbons (Fsp3) is 0.538. The maximum atomic E-state index is 9.28. The molecule has 4 nitrogen and oxygen atoms in total. The lowest BCUT2D eigenvalue weighted by Gasteiger charge is -2.28. The van der Waals surface area contributed by atoms with Gasteiger partial charge in [-0.05, 0) is 37.1 Å². The fourth-order valence-electron chi connectivity index (χ4n) is 1.85. The molecule has 0 saturated heterocycles. The van der Waals surface area contributed by atoms with Gasteiger partial charge in [-0.25, -0.2) is 0 Å². The second kappa shape index (κ2) is 6.47. The molecule has 17 heavy (non-hydrogen) atoms. The van der Waals surface area contributed by atoms with Crippen LogP contribution in [0.1, 0.15) is 12.0 Å². The summed E-state index contributed by atoms with van der Waals surface area (Å²) in [5.74, 6) is 0.852. The largest absolute Gasteiger partial charge is 0.496 e. The molecule has 0 aliphatic carbocycles. The molecule has 0 aliphatic rings. The summed E-state index contributed by atoms with van der Waals surface area (Å²) in [6, 6.07) is 5.81. The molecule has 2 N–H and O–H groups in total. The van der Waals surface area contributed by atoms with Crippen molar-refractivity contribution >= 4 is 5.69 Å². The van der Waals surface area contributed by atoms with Gasteiger partial charge in [0.05, 0.1) is 19.8 Å². The van der Waals surface area contributed by atoms with Crippen molar-refractivity contribution in [3.8, 4) is 5.75 Å². The van der Waals surface area contributed by atoms with Crippen LogP contribution in [0.3, 0.4) is 0 Å². The van der Waals surface area contributed by atoms with E-state index in [2.05, 4.69) is 0 Å². The zero-order valence-corrected chi connectivity index (χ0v) is 10.7. The number of hydrogen-bond acceptors (Lipinski definition) is 4. The van der Waals surface area contributed by atoms with E-state index in [9.17, 15) is 5.11 Å². The van der Waals surface area contributed by atoms with E-state index in [1.54, 1.807) is 7.11 Å². The van der Waals surface area contributed by atoms with Gasteiger partial charge in [-0.2, -0.15) is 0 Å². The number of nitrogens with zero attached hydrogens (tertiary/aromatic N) is 1. The third-order valence-corrected chi connectivity index (χ3v) is 3.01. The molecule has 96 valence electrons. The van der Waals surface area contributed by atoms with Crippen molar-refractivity contribution in [2.24, 2.45) is 0 Å². The topological polar surface area (TPSA) is 52.9 Å². The quantitative estimate of drug-likeness (QED) is 0.783. The van der Waals surface area contributed by atoms with Crippen LogP contribution in [0.4, 0.5) is 5.69 Å². The van der Waals surface area contributed by atoms with E-state index >= 15 is 0 Å². The molecule has 1 aromatic carbocycles. The summed E-state index contributed by atoms with van der Waals surface area (Å²) in [6.45, 7) is 2.09. The van der Waals surface area contributed by atoms with Crippen molar-refractivity contribution < 1.29 is 14.9 Å². The van der Waals surface area contributed by atoms with Crippen molar-refractivity contribution in [1.82, 2.24) is 0 Å². The molecule has 0 amide bonds. The highest BCUT2D eigenvalue weighted by Crippen LogP contribution is 2.25. The summed E-state index contributed by atoms with van der Waals surface area (Å²) in [7, 11) is 3.56. The standard InChI is InChI=1S/C13H21NO3/c1-10-8-11(4-5-13(10)17-3)14(2)12(9-16)6-7-15/h4-5,8,12,15-16H,6-7,9H2,1-3H3. The molecule has 0 aromatic heterocycles. The van der Waals surface area contributed by atoms with Gasteiger partial charge in [0.1, 0.15) is 5.75 Å². The minimum atomic E-state index is -0.0622. The number of aliphatic hydroxyl groups is 2. The zero-order chi connectivity index (χ0) is 12.8. The summed E-state index contributed by atoms with van der Waals surface area (Å²) < 4.78 is 5.21. The Morgan fingerprint density at radius 1 is 1.35 bits per heavy atom. The first-order chi connectivity index (χ1) is 8.13. The van der Waals surface area contributed by atoms with Crippen LogP contribution >= 0.6 is 0 Å². The van der Waals surface area contributed by atoms with Crippen LogP contribution in [0.25, 0.3) is 0 Å². The van der Waals surface area contributed by atoms with E-state index in [0.29, 0.717) is 6.42 Å². The molecule has 0 heterocycles. The number of likely N-dealkylation sites (N-methyl/N-ethyl adjacent to an activating group) is 1. The molecule has 0 fully saturated rings. The van der Waals surface area contributed by atoms with Crippen LogP contribution in [-0.2, 0) is 0 Å². The van der Waals surface area contributed by atoms with Gasteiger partial charge in [0.25, 0.3) is 0 Å². The van der Waals surface area contributed by atoms with Crippen LogP contribution in [0.5, 0.6) is 5.75 Å². The smallest absolute Gasteiger partial charge is 0.121 e. The number of ether oxygens (including phenoxy) is 1. The number of anilines is 1. The molecule has 0 bridgehead atoms. The Kier molecular flexibility index (Phi) is 5.25. The number of benzene rings is 1. The molecule has 4 heteroatoms. The molecule has 0 radical (unpaired) electrons. The Labute approximate surface area is 102 Å². The van der Waals surface area contributed by atoms with Crippen LogP contribution in [-0.4, -0.2) is 43.6 Å². The van der Waals surface area contributed by atoms with Crippen molar-refractivity contribution in [3.63, 3.8) is 0 Å². The van der Waals surface area contributed by atoms with Gasteiger partial charge in [0, 0.05) is 19.3 Å². The van der Waals surface area contributed by atoms with Gasteiger partial charge in [-0.1, -0.05) is 0 Å². The van der Waals surface area contributed by atoms with E-state index < -0.39 is 0 Å². The Morgan fingerprint density at radius 3 is 2.53 bits per heavy atom. The molecule has 1 atom stereocenters. The first-order valence-corrected chi connectivity index (χ1v) is 5.73. The van der Waals surface area contributed by atoms with Gasteiger partial charge in [-0.15, -0.1) is 0 Å². The first kappa shape index (κ1) is 13.8. The zero-order valence-electron chi connectivity index (χ0n) is 10.7. The maximum Gasteiger partial charge on any atom is 0.121 e. The lowest BCUT2D eigenvalue weighted by molar-refractivity contribution is 0.218. The van der Waals surface area contributed by atoms with Gasteiger partial charge in [0.15, 0.2) is 0 Å². The van der Waals surface area contributed by atoms with Crippen molar-refractivity contribution in [2.75, 3.05) is 32.3 Å². The van der Waals surface area contributed by atoms with Crippen molar-refractivity contribution in [3.05, 3.63) is 23.8 Å². The van der Waals surface area contributed by atoms with Crippen molar-refractivity contribution in [1.29, 1.82) is 0 Å². The Bertz CT molecular complexity index is 355. The van der Waals surface area contributed by atoms with Crippen LogP contribution in [0.2, 0.25) is 0 Å². The second-order valence-corrected chi connectivity index (χ2v) is 4.11. The highest BCUT2D eigenvalue weighted by atomic mass is 16.5. The summed E-state index contributed by atoms with van der Waals surface area (Å²) in [6.07, 6.45) is 0.554. The van der Waals surface area contributed by atoms with Gasteiger partial charge in [0.2, 0.25) is 0 Å². The predicted octanol–water partition coefficient (Wildman–Crippen LogP) is 1.18. The number of hydrogen-bond donors (Lipinski definition) is 2. The number of methoxy groups -OCH3 is 1. The summed E-state index contributed by atoms with van der Waals surface area (Å²) in [5.41, 5.74) is 2.06. The Balaban J connectivity index is 2.87. The molecule has 0 aliphatic heterocycles.